The van der Waals surface area contributed by atoms with E-state index in [1.807, 2.05) is 30.3 Å². The fourth-order valence-corrected chi connectivity index (χ4v) is 1.84. The molecule has 2 aromatic rings. The van der Waals surface area contributed by atoms with Crippen LogP contribution in [0.1, 0.15) is 30.1 Å². The lowest BCUT2D eigenvalue weighted by Crippen LogP contribution is -2.05. The highest BCUT2D eigenvalue weighted by molar-refractivity contribution is 6.00. The lowest BCUT2D eigenvalue weighted by atomic mass is 10.1. The van der Waals surface area contributed by atoms with Crippen LogP contribution in [0.25, 0.3) is 10.8 Å². The first kappa shape index (κ1) is 12.4. The molecule has 1 N–H and O–H groups in total. The van der Waals surface area contributed by atoms with Crippen LogP contribution in [0, 0.1) is 0 Å². The summed E-state index contributed by atoms with van der Waals surface area (Å²) in [6, 6.07) is 11.3. The van der Waals surface area contributed by atoms with Crippen LogP contribution in [0.15, 0.2) is 36.4 Å². The summed E-state index contributed by atoms with van der Waals surface area (Å²) in [6.45, 7) is 2.66. The van der Waals surface area contributed by atoms with E-state index < -0.39 is 5.91 Å². The average molecular weight is 242 g/mol. The monoisotopic (exact) mass is 242 g/mol. The molecule has 0 unspecified atom stereocenters. The van der Waals surface area contributed by atoms with E-state index in [2.05, 4.69) is 6.92 Å². The Hall–Kier alpha value is -2.03. The smallest absolute Gasteiger partial charge is 0.273 e. The lowest BCUT2D eigenvalue weighted by Gasteiger charge is -2.10. The number of rotatable bonds is 5. The largest absolute Gasteiger partial charge is 0.493 e. The van der Waals surface area contributed by atoms with Crippen LogP contribution < -0.4 is 10.5 Å². The second-order valence-corrected chi connectivity index (χ2v) is 4.23. The molecule has 0 heterocycles. The highest BCUT2D eigenvalue weighted by Crippen LogP contribution is 2.26. The molecule has 1 amide bonds. The molecule has 1 radical (unpaired) electrons. The summed E-state index contributed by atoms with van der Waals surface area (Å²) in [4.78, 5) is 11.3. The topological polar surface area (TPSA) is 50.1 Å². The molecule has 0 atom stereocenters. The molecule has 0 bridgehead atoms. The van der Waals surface area contributed by atoms with Crippen LogP contribution in [0.3, 0.4) is 0 Å². The minimum absolute atomic E-state index is 0.338. The summed E-state index contributed by atoms with van der Waals surface area (Å²) in [7, 11) is 0. The van der Waals surface area contributed by atoms with Crippen molar-refractivity contribution in [3.05, 3.63) is 42.0 Å². The number of ether oxygens (including phenoxy) is 1. The molecule has 0 aliphatic carbocycles. The predicted octanol–water partition coefficient (Wildman–Crippen LogP) is 3.44. The van der Waals surface area contributed by atoms with Crippen molar-refractivity contribution in [1.82, 2.24) is 5.73 Å². The fourth-order valence-electron chi connectivity index (χ4n) is 1.84. The number of carbonyl (C=O) groups is 1. The highest BCUT2D eigenvalue weighted by atomic mass is 16.5. The zero-order valence-electron chi connectivity index (χ0n) is 10.4. The molecule has 3 heteroatoms. The van der Waals surface area contributed by atoms with Crippen molar-refractivity contribution in [3.8, 4) is 5.75 Å². The van der Waals surface area contributed by atoms with Gasteiger partial charge in [0.15, 0.2) is 0 Å². The Morgan fingerprint density at radius 3 is 2.50 bits per heavy atom. The number of benzene rings is 2. The quantitative estimate of drug-likeness (QED) is 0.754. The van der Waals surface area contributed by atoms with E-state index in [4.69, 9.17) is 10.5 Å². The third-order valence-corrected chi connectivity index (χ3v) is 2.85. The minimum atomic E-state index is -0.702. The van der Waals surface area contributed by atoms with Gasteiger partial charge in [0.05, 0.1) is 12.2 Å². The Kier molecular flexibility index (Phi) is 3.82. The van der Waals surface area contributed by atoms with Gasteiger partial charge in [-0.3, -0.25) is 10.5 Å². The Labute approximate surface area is 107 Å². The maximum atomic E-state index is 11.3. The van der Waals surface area contributed by atoms with Gasteiger partial charge in [0.1, 0.15) is 5.75 Å². The second kappa shape index (κ2) is 5.54. The standard InChI is InChI=1S/C15H16NO2/c1-2-3-8-18-14-10-12-7-5-4-6-11(12)9-13(14)15(16)17/h4-7,9-10,16H,2-3,8H2,1H3. The van der Waals surface area contributed by atoms with Crippen LogP contribution in [0.2, 0.25) is 0 Å². The first-order chi connectivity index (χ1) is 8.72. The normalized spacial score (nSPS) is 10.5. The molecule has 0 fully saturated rings. The second-order valence-electron chi connectivity index (χ2n) is 4.23. The Balaban J connectivity index is 2.41. The van der Waals surface area contributed by atoms with Crippen molar-refractivity contribution in [3.63, 3.8) is 0 Å². The number of unbranched alkanes of at least 4 members (excludes halogenated alkanes) is 1. The molecule has 18 heavy (non-hydrogen) atoms. The number of hydrogen-bond acceptors (Lipinski definition) is 2. The van der Waals surface area contributed by atoms with Crippen LogP contribution in [0.4, 0.5) is 0 Å². The Bertz CT molecular complexity index is 563. The molecule has 0 aliphatic heterocycles. The van der Waals surface area contributed by atoms with Crippen LogP contribution in [-0.2, 0) is 0 Å². The third-order valence-electron chi connectivity index (χ3n) is 2.85. The molecule has 0 saturated carbocycles. The first-order valence-electron chi connectivity index (χ1n) is 6.14. The molecule has 3 nitrogen and oxygen atoms in total. The van der Waals surface area contributed by atoms with E-state index in [1.165, 1.54) is 0 Å². The number of nitrogens with one attached hydrogen (secondary N) is 1. The maximum Gasteiger partial charge on any atom is 0.273 e. The molecular weight excluding hydrogens is 226 g/mol. The van der Waals surface area contributed by atoms with Crippen molar-refractivity contribution in [1.29, 1.82) is 0 Å². The van der Waals surface area contributed by atoms with E-state index in [1.54, 1.807) is 6.07 Å². The number of fused-ring (bicyclic) bond motifs is 1. The Morgan fingerprint density at radius 2 is 1.89 bits per heavy atom. The number of carbonyl (C=O) groups excluding carboxylic acids is 1. The SMILES string of the molecule is CCCCOc1cc2ccccc2cc1C([NH])=O. The van der Waals surface area contributed by atoms with E-state index in [0.29, 0.717) is 17.9 Å². The van der Waals surface area contributed by atoms with Crippen LogP contribution in [-0.4, -0.2) is 12.5 Å². The zero-order valence-corrected chi connectivity index (χ0v) is 10.4. The summed E-state index contributed by atoms with van der Waals surface area (Å²) in [5.41, 5.74) is 7.63. The van der Waals surface area contributed by atoms with Gasteiger partial charge in [-0.15, -0.1) is 0 Å². The van der Waals surface area contributed by atoms with Crippen molar-refractivity contribution in [2.24, 2.45) is 0 Å². The first-order valence-corrected chi connectivity index (χ1v) is 6.14. The predicted molar refractivity (Wildman–Crippen MR) is 71.8 cm³/mol. The molecule has 0 saturated heterocycles. The molecule has 2 aromatic carbocycles. The van der Waals surface area contributed by atoms with Crippen molar-refractivity contribution in [2.75, 3.05) is 6.61 Å². The fraction of sp³-hybridized carbons (Fsp3) is 0.267. The van der Waals surface area contributed by atoms with Crippen molar-refractivity contribution >= 4 is 16.7 Å². The van der Waals surface area contributed by atoms with E-state index in [9.17, 15) is 4.79 Å². The molecule has 93 valence electrons. The zero-order chi connectivity index (χ0) is 13.0. The van der Waals surface area contributed by atoms with Gasteiger partial charge in [0.25, 0.3) is 5.91 Å². The molecule has 0 aliphatic rings. The summed E-state index contributed by atoms with van der Waals surface area (Å²) < 4.78 is 5.61. The van der Waals surface area contributed by atoms with E-state index in [0.717, 1.165) is 23.6 Å². The molecule has 2 rings (SSSR count). The average Bonchev–Trinajstić information content (AvgIpc) is 2.38. The maximum absolute atomic E-state index is 11.3. The summed E-state index contributed by atoms with van der Waals surface area (Å²) >= 11 is 0. The van der Waals surface area contributed by atoms with Crippen molar-refractivity contribution in [2.45, 2.75) is 19.8 Å². The van der Waals surface area contributed by atoms with Crippen LogP contribution >= 0.6 is 0 Å². The summed E-state index contributed by atoms with van der Waals surface area (Å²) in [6.07, 6.45) is 1.98. The van der Waals surface area contributed by atoms with Crippen LogP contribution in [0.5, 0.6) is 5.75 Å². The van der Waals surface area contributed by atoms with E-state index >= 15 is 0 Å². The molecule has 0 spiro atoms. The van der Waals surface area contributed by atoms with Gasteiger partial charge >= 0.3 is 0 Å². The van der Waals surface area contributed by atoms with Gasteiger partial charge in [-0.2, -0.15) is 0 Å². The number of amides is 1. The van der Waals surface area contributed by atoms with Gasteiger partial charge in [-0.1, -0.05) is 37.6 Å². The summed E-state index contributed by atoms with van der Waals surface area (Å²) in [5.74, 6) is -0.186. The van der Waals surface area contributed by atoms with Gasteiger partial charge in [0.2, 0.25) is 0 Å². The Morgan fingerprint density at radius 1 is 1.22 bits per heavy atom. The van der Waals surface area contributed by atoms with Gasteiger partial charge in [-0.05, 0) is 29.3 Å². The van der Waals surface area contributed by atoms with Crippen molar-refractivity contribution < 1.29 is 9.53 Å². The molecule has 0 aromatic heterocycles. The minimum Gasteiger partial charge on any atom is -0.493 e. The summed E-state index contributed by atoms with van der Waals surface area (Å²) in [5, 5.41) is 1.98. The third kappa shape index (κ3) is 2.62. The number of hydrogen-bond donors (Lipinski definition) is 0. The highest BCUT2D eigenvalue weighted by Gasteiger charge is 2.11. The van der Waals surface area contributed by atoms with E-state index in [-0.39, 0.29) is 0 Å². The van der Waals surface area contributed by atoms with Gasteiger partial charge in [-0.25, -0.2) is 0 Å². The molecular formula is C15H16NO2. The van der Waals surface area contributed by atoms with Gasteiger partial charge < -0.3 is 4.74 Å². The lowest BCUT2D eigenvalue weighted by molar-refractivity contribution is 0.0988. The van der Waals surface area contributed by atoms with Gasteiger partial charge in [0, 0.05) is 0 Å².